The van der Waals surface area contributed by atoms with Crippen molar-refractivity contribution in [3.63, 3.8) is 0 Å². The first-order chi connectivity index (χ1) is 15.4. The van der Waals surface area contributed by atoms with E-state index < -0.39 is 0 Å². The Labute approximate surface area is 191 Å². The molecule has 32 heavy (non-hydrogen) atoms. The van der Waals surface area contributed by atoms with Crippen LogP contribution < -0.4 is 0 Å². The van der Waals surface area contributed by atoms with Crippen LogP contribution in [0.3, 0.4) is 0 Å². The van der Waals surface area contributed by atoms with Crippen LogP contribution in [0.2, 0.25) is 0 Å². The Morgan fingerprint density at radius 3 is 2.25 bits per heavy atom. The quantitative estimate of drug-likeness (QED) is 0.470. The molecule has 0 bridgehead atoms. The van der Waals surface area contributed by atoms with Crippen LogP contribution in [-0.2, 0) is 11.8 Å². The second-order valence-corrected chi connectivity index (χ2v) is 9.53. The lowest BCUT2D eigenvalue weighted by Gasteiger charge is -2.45. The van der Waals surface area contributed by atoms with Crippen molar-refractivity contribution in [3.05, 3.63) is 111 Å². The van der Waals surface area contributed by atoms with Crippen molar-refractivity contribution in [3.8, 4) is 0 Å². The Balaban J connectivity index is 1.79. The monoisotopic (exact) mass is 418 g/mol. The van der Waals surface area contributed by atoms with Gasteiger partial charge in [-0.05, 0) is 74.9 Å². The summed E-state index contributed by atoms with van der Waals surface area (Å²) in [5.41, 5.74) is 11.9. The van der Waals surface area contributed by atoms with Gasteiger partial charge < -0.3 is 0 Å². The molecule has 0 unspecified atom stereocenters. The van der Waals surface area contributed by atoms with E-state index in [9.17, 15) is 5.41 Å². The van der Waals surface area contributed by atoms with Gasteiger partial charge in [0.2, 0.25) is 0 Å². The Hall–Kier alpha value is -3.26. The van der Waals surface area contributed by atoms with Gasteiger partial charge in [-0.3, -0.25) is 5.41 Å². The number of aliphatic imine (C=N–C) groups is 1. The molecule has 1 atom stereocenters. The number of nitrogens with zero attached hydrogens (tertiary/aromatic N) is 1. The standard InChI is InChI=1S/C30H30N2/c1-5-30-12-11-26(22-9-7-6-8-10-22)32-29(23-14-19(2)13-20(3)15-23)28(31)25-17-21(4)16-24(18-30)27(25)30/h6-11,13-17,31H,5,12,18H2,1-4H3/b26-11-,31-28?,32-29-/t30-/m0/s1. The van der Waals surface area contributed by atoms with Crippen LogP contribution in [0.25, 0.3) is 5.70 Å². The molecule has 0 spiro atoms. The summed E-state index contributed by atoms with van der Waals surface area (Å²) < 4.78 is 0. The maximum absolute atomic E-state index is 9.41. The van der Waals surface area contributed by atoms with Crippen LogP contribution in [0.5, 0.6) is 0 Å². The summed E-state index contributed by atoms with van der Waals surface area (Å²) in [6.45, 7) is 8.66. The van der Waals surface area contributed by atoms with Gasteiger partial charge in [0.1, 0.15) is 0 Å². The minimum absolute atomic E-state index is 0.0954. The molecule has 1 N–H and O–H groups in total. The highest BCUT2D eigenvalue weighted by atomic mass is 14.8. The summed E-state index contributed by atoms with van der Waals surface area (Å²) in [7, 11) is 0. The summed E-state index contributed by atoms with van der Waals surface area (Å²) in [4.78, 5) is 5.20. The summed E-state index contributed by atoms with van der Waals surface area (Å²) in [6, 6.07) is 21.4. The van der Waals surface area contributed by atoms with Gasteiger partial charge in [-0.25, -0.2) is 4.99 Å². The van der Waals surface area contributed by atoms with Gasteiger partial charge in [0.15, 0.2) is 0 Å². The second-order valence-electron chi connectivity index (χ2n) is 9.53. The molecule has 1 aliphatic heterocycles. The van der Waals surface area contributed by atoms with Crippen molar-refractivity contribution in [1.82, 2.24) is 0 Å². The lowest BCUT2D eigenvalue weighted by atomic mass is 9.58. The fourth-order valence-corrected chi connectivity index (χ4v) is 5.54. The fourth-order valence-electron chi connectivity index (χ4n) is 5.54. The highest BCUT2D eigenvalue weighted by molar-refractivity contribution is 6.53. The van der Waals surface area contributed by atoms with Crippen molar-refractivity contribution < 1.29 is 0 Å². The predicted octanol–water partition coefficient (Wildman–Crippen LogP) is 7.12. The van der Waals surface area contributed by atoms with Crippen molar-refractivity contribution >= 4 is 17.1 Å². The van der Waals surface area contributed by atoms with E-state index in [2.05, 4.69) is 88.4 Å². The SMILES string of the molecule is CC[C@@]12C/C=C(c3ccccc3)\N=C(\c3cc(C)cc(C)c3)C(=N)c3cc(C)cc(c31)C2. The molecule has 1 aliphatic carbocycles. The number of aryl methyl sites for hydroxylation is 3. The zero-order valence-electron chi connectivity index (χ0n) is 19.4. The van der Waals surface area contributed by atoms with Gasteiger partial charge in [-0.15, -0.1) is 0 Å². The van der Waals surface area contributed by atoms with Gasteiger partial charge in [0, 0.05) is 16.5 Å². The zero-order chi connectivity index (χ0) is 22.5. The van der Waals surface area contributed by atoms with Gasteiger partial charge >= 0.3 is 0 Å². The van der Waals surface area contributed by atoms with Crippen LogP contribution >= 0.6 is 0 Å². The van der Waals surface area contributed by atoms with Crippen molar-refractivity contribution in [2.45, 2.75) is 52.4 Å². The molecule has 3 aromatic carbocycles. The van der Waals surface area contributed by atoms with Crippen molar-refractivity contribution in [2.75, 3.05) is 0 Å². The van der Waals surface area contributed by atoms with E-state index in [1.54, 1.807) is 0 Å². The molecule has 0 amide bonds. The normalized spacial score (nSPS) is 22.9. The first kappa shape index (κ1) is 20.6. The zero-order valence-corrected chi connectivity index (χ0v) is 19.4. The molecule has 2 heteroatoms. The smallest absolute Gasteiger partial charge is 0.0965 e. The van der Waals surface area contributed by atoms with Gasteiger partial charge in [0.25, 0.3) is 0 Å². The molecule has 5 rings (SSSR count). The average molecular weight is 419 g/mol. The third-order valence-corrected chi connectivity index (χ3v) is 7.09. The maximum Gasteiger partial charge on any atom is 0.0965 e. The summed E-state index contributed by atoms with van der Waals surface area (Å²) in [5, 5.41) is 9.41. The van der Waals surface area contributed by atoms with E-state index in [-0.39, 0.29) is 5.41 Å². The summed E-state index contributed by atoms with van der Waals surface area (Å²) in [6.07, 6.45) is 5.42. The molecule has 0 saturated heterocycles. The lowest BCUT2D eigenvalue weighted by Crippen LogP contribution is -2.40. The van der Waals surface area contributed by atoms with Crippen LogP contribution in [0.4, 0.5) is 0 Å². The summed E-state index contributed by atoms with van der Waals surface area (Å²) >= 11 is 0. The number of hydrogen-bond acceptors (Lipinski definition) is 2. The van der Waals surface area contributed by atoms with Crippen LogP contribution in [0, 0.1) is 26.2 Å². The van der Waals surface area contributed by atoms with Gasteiger partial charge in [0.05, 0.1) is 17.1 Å². The predicted molar refractivity (Wildman–Crippen MR) is 135 cm³/mol. The minimum atomic E-state index is 0.0954. The lowest BCUT2D eigenvalue weighted by molar-refractivity contribution is 0.359. The second kappa shape index (κ2) is 7.70. The largest absolute Gasteiger partial charge is 0.298 e. The fraction of sp³-hybridized carbons (Fsp3) is 0.267. The molecule has 0 aromatic heterocycles. The Morgan fingerprint density at radius 2 is 1.56 bits per heavy atom. The van der Waals surface area contributed by atoms with Crippen LogP contribution in [0.1, 0.15) is 64.3 Å². The average Bonchev–Trinajstić information content (AvgIpc) is 2.79. The van der Waals surface area contributed by atoms with E-state index in [1.165, 1.54) is 27.8 Å². The number of benzene rings is 3. The van der Waals surface area contributed by atoms with E-state index in [4.69, 9.17) is 4.99 Å². The molecule has 2 aliphatic rings. The van der Waals surface area contributed by atoms with Crippen molar-refractivity contribution in [2.24, 2.45) is 4.99 Å². The minimum Gasteiger partial charge on any atom is -0.298 e. The molecular formula is C30H30N2. The van der Waals surface area contributed by atoms with E-state index >= 15 is 0 Å². The molecule has 0 radical (unpaired) electrons. The highest BCUT2D eigenvalue weighted by Gasteiger charge is 2.43. The van der Waals surface area contributed by atoms with E-state index in [0.29, 0.717) is 5.71 Å². The molecule has 3 aromatic rings. The number of rotatable bonds is 3. The Morgan fingerprint density at radius 1 is 0.875 bits per heavy atom. The molecular weight excluding hydrogens is 388 g/mol. The topological polar surface area (TPSA) is 36.2 Å². The molecule has 0 saturated carbocycles. The first-order valence-corrected chi connectivity index (χ1v) is 11.6. The van der Waals surface area contributed by atoms with Gasteiger partial charge in [-0.2, -0.15) is 0 Å². The van der Waals surface area contributed by atoms with Crippen LogP contribution in [0.15, 0.2) is 71.7 Å². The number of allylic oxidation sites excluding steroid dienone is 1. The third-order valence-electron chi connectivity index (χ3n) is 7.09. The molecule has 160 valence electrons. The molecule has 2 nitrogen and oxygen atoms in total. The third kappa shape index (κ3) is 3.35. The van der Waals surface area contributed by atoms with Gasteiger partial charge in [-0.1, -0.05) is 72.2 Å². The maximum atomic E-state index is 9.41. The number of nitrogens with one attached hydrogen (secondary N) is 1. The van der Waals surface area contributed by atoms with E-state index in [0.717, 1.165) is 47.4 Å². The molecule has 0 fully saturated rings. The van der Waals surface area contributed by atoms with E-state index in [1.807, 2.05) is 6.07 Å². The van der Waals surface area contributed by atoms with Crippen LogP contribution in [-0.4, -0.2) is 11.4 Å². The highest BCUT2D eigenvalue weighted by Crippen LogP contribution is 2.50. The molecule has 1 heterocycles. The Bertz CT molecular complexity index is 1270. The first-order valence-electron chi connectivity index (χ1n) is 11.6. The summed E-state index contributed by atoms with van der Waals surface area (Å²) in [5.74, 6) is 0. The Kier molecular flexibility index (Phi) is 4.97. The van der Waals surface area contributed by atoms with Crippen molar-refractivity contribution in [1.29, 1.82) is 5.41 Å². The number of hydrogen-bond donors (Lipinski definition) is 1.